The SMILES string of the molecule is CCOC(=O)[C@H]1O[C@@H](c2ccccc2)C[C@H]1O. The minimum Gasteiger partial charge on any atom is -0.464 e. The summed E-state index contributed by atoms with van der Waals surface area (Å²) in [6.45, 7) is 2.02. The first-order valence-corrected chi connectivity index (χ1v) is 5.77. The highest BCUT2D eigenvalue weighted by atomic mass is 16.6. The third-order valence-electron chi connectivity index (χ3n) is 2.81. The molecule has 3 atom stereocenters. The van der Waals surface area contributed by atoms with Gasteiger partial charge in [0.15, 0.2) is 6.10 Å². The zero-order valence-corrected chi connectivity index (χ0v) is 9.70. The van der Waals surface area contributed by atoms with Crippen LogP contribution >= 0.6 is 0 Å². The number of carbonyl (C=O) groups is 1. The first-order chi connectivity index (χ1) is 8.22. The van der Waals surface area contributed by atoms with Gasteiger partial charge in [-0.25, -0.2) is 4.79 Å². The predicted octanol–water partition coefficient (Wildman–Crippen LogP) is 1.44. The molecular formula is C13H16O4. The molecule has 0 bridgehead atoms. The quantitative estimate of drug-likeness (QED) is 0.807. The van der Waals surface area contributed by atoms with Gasteiger partial charge in [-0.2, -0.15) is 0 Å². The van der Waals surface area contributed by atoms with Gasteiger partial charge in [-0.1, -0.05) is 30.3 Å². The number of ether oxygens (including phenoxy) is 2. The zero-order valence-electron chi connectivity index (χ0n) is 9.70. The molecule has 1 saturated heterocycles. The minimum atomic E-state index is -0.861. The van der Waals surface area contributed by atoms with Crippen LogP contribution in [0.15, 0.2) is 30.3 Å². The number of aliphatic hydroxyl groups is 1. The van der Waals surface area contributed by atoms with E-state index in [0.717, 1.165) is 5.56 Å². The number of rotatable bonds is 3. The third-order valence-corrected chi connectivity index (χ3v) is 2.81. The van der Waals surface area contributed by atoms with Crippen LogP contribution in [0.5, 0.6) is 0 Å². The van der Waals surface area contributed by atoms with Gasteiger partial charge in [0.2, 0.25) is 0 Å². The summed E-state index contributed by atoms with van der Waals surface area (Å²) in [6, 6.07) is 9.57. The van der Waals surface area contributed by atoms with Crippen molar-refractivity contribution in [1.29, 1.82) is 0 Å². The van der Waals surface area contributed by atoms with Crippen molar-refractivity contribution in [2.45, 2.75) is 31.7 Å². The third kappa shape index (κ3) is 2.65. The lowest BCUT2D eigenvalue weighted by Gasteiger charge is -2.13. The van der Waals surface area contributed by atoms with Crippen molar-refractivity contribution in [3.05, 3.63) is 35.9 Å². The van der Waals surface area contributed by atoms with Gasteiger partial charge in [0, 0.05) is 6.42 Å². The van der Waals surface area contributed by atoms with Gasteiger partial charge < -0.3 is 14.6 Å². The minimum absolute atomic E-state index is 0.236. The topological polar surface area (TPSA) is 55.8 Å². The van der Waals surface area contributed by atoms with Crippen LogP contribution in [0.1, 0.15) is 25.0 Å². The Morgan fingerprint density at radius 1 is 1.47 bits per heavy atom. The van der Waals surface area contributed by atoms with Crippen molar-refractivity contribution in [2.24, 2.45) is 0 Å². The number of esters is 1. The summed E-state index contributed by atoms with van der Waals surface area (Å²) in [4.78, 5) is 11.5. The summed E-state index contributed by atoms with van der Waals surface area (Å²) >= 11 is 0. The largest absolute Gasteiger partial charge is 0.464 e. The predicted molar refractivity (Wildman–Crippen MR) is 61.3 cm³/mol. The highest BCUT2D eigenvalue weighted by molar-refractivity contribution is 5.75. The van der Waals surface area contributed by atoms with Gasteiger partial charge in [-0.05, 0) is 12.5 Å². The van der Waals surface area contributed by atoms with E-state index in [-0.39, 0.29) is 6.10 Å². The van der Waals surface area contributed by atoms with Crippen molar-refractivity contribution in [1.82, 2.24) is 0 Å². The van der Waals surface area contributed by atoms with E-state index in [1.54, 1.807) is 6.92 Å². The van der Waals surface area contributed by atoms with E-state index in [0.29, 0.717) is 13.0 Å². The van der Waals surface area contributed by atoms with E-state index in [9.17, 15) is 9.90 Å². The maximum absolute atomic E-state index is 11.5. The molecule has 4 nitrogen and oxygen atoms in total. The Balaban J connectivity index is 2.04. The first kappa shape index (κ1) is 12.1. The summed E-state index contributed by atoms with van der Waals surface area (Å²) in [7, 11) is 0. The number of hydrogen-bond donors (Lipinski definition) is 1. The first-order valence-electron chi connectivity index (χ1n) is 5.77. The van der Waals surface area contributed by atoms with E-state index in [4.69, 9.17) is 9.47 Å². The Morgan fingerprint density at radius 2 is 2.18 bits per heavy atom. The summed E-state index contributed by atoms with van der Waals surface area (Å²) in [6.07, 6.45) is -1.46. The lowest BCUT2D eigenvalue weighted by Crippen LogP contribution is -2.32. The fraction of sp³-hybridized carbons (Fsp3) is 0.462. The summed E-state index contributed by atoms with van der Waals surface area (Å²) in [5.74, 6) is -0.488. The molecule has 2 rings (SSSR count). The van der Waals surface area contributed by atoms with Crippen LogP contribution in [0.4, 0.5) is 0 Å². The smallest absolute Gasteiger partial charge is 0.338 e. The molecular weight excluding hydrogens is 220 g/mol. The summed E-state index contributed by atoms with van der Waals surface area (Å²) < 4.78 is 10.4. The Hall–Kier alpha value is -1.39. The molecule has 0 aromatic heterocycles. The van der Waals surface area contributed by atoms with E-state index >= 15 is 0 Å². The molecule has 1 heterocycles. The second-order valence-electron chi connectivity index (χ2n) is 4.01. The number of carbonyl (C=O) groups excluding carboxylic acids is 1. The molecule has 0 aliphatic carbocycles. The van der Waals surface area contributed by atoms with Gasteiger partial charge >= 0.3 is 5.97 Å². The number of benzene rings is 1. The van der Waals surface area contributed by atoms with Crippen molar-refractivity contribution >= 4 is 5.97 Å². The summed E-state index contributed by atoms with van der Waals surface area (Å²) in [5.41, 5.74) is 0.971. The maximum atomic E-state index is 11.5. The van der Waals surface area contributed by atoms with Crippen LogP contribution in [0.25, 0.3) is 0 Å². The molecule has 1 aromatic carbocycles. The van der Waals surface area contributed by atoms with Crippen molar-refractivity contribution in [2.75, 3.05) is 6.61 Å². The van der Waals surface area contributed by atoms with E-state index in [1.165, 1.54) is 0 Å². The highest BCUT2D eigenvalue weighted by Gasteiger charge is 2.40. The molecule has 1 aliphatic rings. The van der Waals surface area contributed by atoms with E-state index in [2.05, 4.69) is 0 Å². The van der Waals surface area contributed by atoms with Crippen LogP contribution in [-0.2, 0) is 14.3 Å². The molecule has 4 heteroatoms. The highest BCUT2D eigenvalue weighted by Crippen LogP contribution is 2.33. The zero-order chi connectivity index (χ0) is 12.3. The normalized spacial score (nSPS) is 28.0. The molecule has 0 spiro atoms. The second kappa shape index (κ2) is 5.29. The Kier molecular flexibility index (Phi) is 3.76. The van der Waals surface area contributed by atoms with Gasteiger partial charge in [0.05, 0.1) is 18.8 Å². The molecule has 0 amide bonds. The maximum Gasteiger partial charge on any atom is 0.338 e. The number of hydrogen-bond acceptors (Lipinski definition) is 4. The average Bonchev–Trinajstić information content (AvgIpc) is 2.73. The molecule has 92 valence electrons. The molecule has 0 saturated carbocycles. The van der Waals surface area contributed by atoms with Gasteiger partial charge in [0.25, 0.3) is 0 Å². The van der Waals surface area contributed by atoms with Gasteiger partial charge in [0.1, 0.15) is 0 Å². The average molecular weight is 236 g/mol. The lowest BCUT2D eigenvalue weighted by atomic mass is 10.0. The Morgan fingerprint density at radius 3 is 2.82 bits per heavy atom. The molecule has 0 radical (unpaired) electrons. The lowest BCUT2D eigenvalue weighted by molar-refractivity contribution is -0.159. The van der Waals surface area contributed by atoms with Crippen LogP contribution in [-0.4, -0.2) is 29.9 Å². The molecule has 0 unspecified atom stereocenters. The fourth-order valence-electron chi connectivity index (χ4n) is 1.99. The second-order valence-corrected chi connectivity index (χ2v) is 4.01. The standard InChI is InChI=1S/C13H16O4/c1-2-16-13(15)12-10(14)8-11(17-12)9-6-4-3-5-7-9/h3-7,10-12,14H,2,8H2,1H3/t10-,11-,12+/m1/s1. The van der Waals surface area contributed by atoms with Gasteiger partial charge in [-0.15, -0.1) is 0 Å². The fourth-order valence-corrected chi connectivity index (χ4v) is 1.99. The Labute approximate surface area is 100 Å². The summed E-state index contributed by atoms with van der Waals surface area (Å²) in [5, 5.41) is 9.79. The Bertz CT molecular complexity index is 376. The van der Waals surface area contributed by atoms with Crippen molar-refractivity contribution in [3.63, 3.8) is 0 Å². The van der Waals surface area contributed by atoms with E-state index < -0.39 is 18.2 Å². The van der Waals surface area contributed by atoms with Crippen LogP contribution in [0.3, 0.4) is 0 Å². The van der Waals surface area contributed by atoms with Crippen LogP contribution in [0, 0.1) is 0 Å². The van der Waals surface area contributed by atoms with Crippen LogP contribution < -0.4 is 0 Å². The molecule has 1 fully saturated rings. The monoisotopic (exact) mass is 236 g/mol. The van der Waals surface area contributed by atoms with Gasteiger partial charge in [-0.3, -0.25) is 0 Å². The molecule has 17 heavy (non-hydrogen) atoms. The van der Waals surface area contributed by atoms with Crippen LogP contribution in [0.2, 0.25) is 0 Å². The molecule has 1 aliphatic heterocycles. The van der Waals surface area contributed by atoms with E-state index in [1.807, 2.05) is 30.3 Å². The van der Waals surface area contributed by atoms with Crippen molar-refractivity contribution < 1.29 is 19.4 Å². The number of aliphatic hydroxyl groups excluding tert-OH is 1. The molecule has 1 aromatic rings. The molecule has 1 N–H and O–H groups in total. The van der Waals surface area contributed by atoms with Crippen molar-refractivity contribution in [3.8, 4) is 0 Å².